The molecule has 164 valence electrons. The molecule has 1 fully saturated rings. The zero-order valence-electron chi connectivity index (χ0n) is 16.0. The fourth-order valence-corrected chi connectivity index (χ4v) is 3.39. The minimum atomic E-state index is -4.64. The van der Waals surface area contributed by atoms with Gasteiger partial charge in [0.05, 0.1) is 23.8 Å². The molecule has 0 saturated carbocycles. The van der Waals surface area contributed by atoms with Crippen molar-refractivity contribution in [1.82, 2.24) is 4.90 Å². The minimum absolute atomic E-state index is 0.0387. The van der Waals surface area contributed by atoms with Crippen molar-refractivity contribution < 1.29 is 41.0 Å². The summed E-state index contributed by atoms with van der Waals surface area (Å²) in [4.78, 5) is 25.4. The zero-order chi connectivity index (χ0) is 22.3. The van der Waals surface area contributed by atoms with Crippen LogP contribution in [0.2, 0.25) is 0 Å². The Bertz CT molecular complexity index is 1050. The molecule has 4 rings (SSSR count). The Morgan fingerprint density at radius 2 is 1.87 bits per heavy atom. The van der Waals surface area contributed by atoms with Crippen molar-refractivity contribution in [3.05, 3.63) is 64.2 Å². The number of carbonyl (C=O) groups is 2. The molecule has 0 spiro atoms. The molecule has 2 aromatic rings. The molecule has 2 aromatic carbocycles. The number of Topliss-reactive ketones (excluding diaryl/α,β-unsaturated/α-hetero) is 1. The molecule has 2 aliphatic heterocycles. The van der Waals surface area contributed by atoms with E-state index in [2.05, 4.69) is 0 Å². The van der Waals surface area contributed by atoms with Crippen LogP contribution in [0.3, 0.4) is 0 Å². The lowest BCUT2D eigenvalue weighted by atomic mass is 10.0. The molecule has 0 aromatic heterocycles. The normalized spacial score (nSPS) is 16.5. The highest BCUT2D eigenvalue weighted by atomic mass is 19.4. The van der Waals surface area contributed by atoms with E-state index in [1.807, 2.05) is 0 Å². The molecule has 0 N–H and O–H groups in total. The number of benzene rings is 2. The van der Waals surface area contributed by atoms with Crippen LogP contribution < -0.4 is 4.74 Å². The third-order valence-electron chi connectivity index (χ3n) is 5.15. The first-order chi connectivity index (χ1) is 14.6. The van der Waals surface area contributed by atoms with Crippen molar-refractivity contribution in [3.8, 4) is 5.75 Å². The second-order valence-corrected chi connectivity index (χ2v) is 7.39. The van der Waals surface area contributed by atoms with Gasteiger partial charge in [-0.15, -0.1) is 0 Å². The highest BCUT2D eigenvalue weighted by Crippen LogP contribution is 2.31. The molecule has 0 aliphatic carbocycles. The molecule has 1 saturated heterocycles. The number of amides is 1. The summed E-state index contributed by atoms with van der Waals surface area (Å²) in [6.45, 7) is -0.159. The van der Waals surface area contributed by atoms with Gasteiger partial charge in [0.15, 0.2) is 5.78 Å². The first-order valence-electron chi connectivity index (χ1n) is 9.35. The van der Waals surface area contributed by atoms with E-state index in [-0.39, 0.29) is 55.4 Å². The van der Waals surface area contributed by atoms with Gasteiger partial charge in [0.2, 0.25) is 0 Å². The molecule has 5 nitrogen and oxygen atoms in total. The SMILES string of the molecule is O=C1COc2cc(F)c(C(=O)N3CC(OCc4ccc(C(F)(F)F)cc4F)C3)cc2C1. The predicted octanol–water partition coefficient (Wildman–Crippen LogP) is 3.53. The van der Waals surface area contributed by atoms with Crippen molar-refractivity contribution in [2.45, 2.75) is 25.3 Å². The number of hydrogen-bond acceptors (Lipinski definition) is 4. The summed E-state index contributed by atoms with van der Waals surface area (Å²) in [6.07, 6.45) is -5.04. The molecular weight excluding hydrogens is 425 g/mol. The van der Waals surface area contributed by atoms with Crippen LogP contribution in [-0.4, -0.2) is 42.4 Å². The summed E-state index contributed by atoms with van der Waals surface area (Å²) in [5.41, 5.74) is -0.882. The molecule has 31 heavy (non-hydrogen) atoms. The van der Waals surface area contributed by atoms with Crippen molar-refractivity contribution in [1.29, 1.82) is 0 Å². The smallest absolute Gasteiger partial charge is 0.416 e. The maximum absolute atomic E-state index is 14.3. The molecule has 2 aliphatic rings. The van der Waals surface area contributed by atoms with E-state index in [1.54, 1.807) is 0 Å². The molecular formula is C21H16F5NO4. The molecule has 2 heterocycles. The second-order valence-electron chi connectivity index (χ2n) is 7.39. The third-order valence-corrected chi connectivity index (χ3v) is 5.15. The van der Waals surface area contributed by atoms with Gasteiger partial charge >= 0.3 is 6.18 Å². The van der Waals surface area contributed by atoms with E-state index in [0.29, 0.717) is 11.6 Å². The van der Waals surface area contributed by atoms with Gasteiger partial charge in [0.1, 0.15) is 24.0 Å². The average Bonchev–Trinajstić information content (AvgIpc) is 2.66. The van der Waals surface area contributed by atoms with Crippen LogP contribution >= 0.6 is 0 Å². The van der Waals surface area contributed by atoms with E-state index in [0.717, 1.165) is 18.2 Å². The van der Waals surface area contributed by atoms with Crippen LogP contribution in [-0.2, 0) is 28.7 Å². The number of hydrogen-bond donors (Lipinski definition) is 0. The van der Waals surface area contributed by atoms with Crippen LogP contribution in [0, 0.1) is 11.6 Å². The second kappa shape index (κ2) is 7.92. The van der Waals surface area contributed by atoms with E-state index in [9.17, 15) is 31.5 Å². The van der Waals surface area contributed by atoms with Gasteiger partial charge in [-0.1, -0.05) is 6.07 Å². The quantitative estimate of drug-likeness (QED) is 0.682. The Morgan fingerprint density at radius 3 is 2.55 bits per heavy atom. The van der Waals surface area contributed by atoms with E-state index in [1.165, 1.54) is 11.0 Å². The monoisotopic (exact) mass is 441 g/mol. The van der Waals surface area contributed by atoms with E-state index < -0.39 is 35.4 Å². The Hall–Kier alpha value is -3.01. The van der Waals surface area contributed by atoms with Crippen LogP contribution in [0.25, 0.3) is 0 Å². The Morgan fingerprint density at radius 1 is 1.13 bits per heavy atom. The Kier molecular flexibility index (Phi) is 5.42. The number of likely N-dealkylation sites (tertiary alicyclic amines) is 1. The van der Waals surface area contributed by atoms with Gasteiger partial charge in [-0.2, -0.15) is 13.2 Å². The summed E-state index contributed by atoms with van der Waals surface area (Å²) >= 11 is 0. The number of ketones is 1. The van der Waals surface area contributed by atoms with E-state index >= 15 is 0 Å². The molecule has 0 atom stereocenters. The van der Waals surface area contributed by atoms with Gasteiger partial charge in [-0.05, 0) is 18.2 Å². The van der Waals surface area contributed by atoms with Gasteiger partial charge in [-0.3, -0.25) is 9.59 Å². The largest absolute Gasteiger partial charge is 0.485 e. The number of ether oxygens (including phenoxy) is 2. The number of alkyl halides is 3. The highest BCUT2D eigenvalue weighted by molar-refractivity contribution is 5.96. The number of fused-ring (bicyclic) bond motifs is 1. The third kappa shape index (κ3) is 4.39. The van der Waals surface area contributed by atoms with Crippen molar-refractivity contribution in [2.24, 2.45) is 0 Å². The van der Waals surface area contributed by atoms with Gasteiger partial charge in [-0.25, -0.2) is 8.78 Å². The summed E-state index contributed by atoms with van der Waals surface area (Å²) < 4.78 is 76.5. The van der Waals surface area contributed by atoms with Crippen molar-refractivity contribution >= 4 is 11.7 Å². The topological polar surface area (TPSA) is 55.8 Å². The van der Waals surface area contributed by atoms with Crippen LogP contribution in [0.4, 0.5) is 22.0 Å². The Labute approximate surface area is 173 Å². The van der Waals surface area contributed by atoms with Crippen LogP contribution in [0.5, 0.6) is 5.75 Å². The molecule has 0 radical (unpaired) electrons. The van der Waals surface area contributed by atoms with Crippen molar-refractivity contribution in [3.63, 3.8) is 0 Å². The Balaban J connectivity index is 1.34. The fourth-order valence-electron chi connectivity index (χ4n) is 3.39. The van der Waals surface area contributed by atoms with Gasteiger partial charge in [0.25, 0.3) is 5.91 Å². The standard InChI is InChI=1S/C21H16F5NO4/c22-17-5-13(21(24,25)26)2-1-11(17)9-30-15-7-27(8-15)20(29)16-4-12-3-14(28)10-31-19(12)6-18(16)23/h1-2,4-6,15H,3,7-10H2. The van der Waals surface area contributed by atoms with E-state index in [4.69, 9.17) is 9.47 Å². The highest BCUT2D eigenvalue weighted by Gasteiger charge is 2.35. The number of nitrogens with zero attached hydrogens (tertiary/aromatic N) is 1. The lowest BCUT2D eigenvalue weighted by Gasteiger charge is -2.39. The zero-order valence-corrected chi connectivity index (χ0v) is 16.0. The molecule has 10 heteroatoms. The lowest BCUT2D eigenvalue weighted by molar-refractivity contribution is -0.137. The number of rotatable bonds is 4. The summed E-state index contributed by atoms with van der Waals surface area (Å²) in [5, 5.41) is 0. The first-order valence-corrected chi connectivity index (χ1v) is 9.35. The summed E-state index contributed by atoms with van der Waals surface area (Å²) in [7, 11) is 0. The summed E-state index contributed by atoms with van der Waals surface area (Å²) in [6, 6.07) is 4.56. The number of halogens is 5. The summed E-state index contributed by atoms with van der Waals surface area (Å²) in [5.74, 6) is -2.33. The minimum Gasteiger partial charge on any atom is -0.485 e. The van der Waals surface area contributed by atoms with Gasteiger partial charge in [0, 0.05) is 36.7 Å². The average molecular weight is 441 g/mol. The predicted molar refractivity (Wildman–Crippen MR) is 96.5 cm³/mol. The number of carbonyl (C=O) groups excluding carboxylic acids is 2. The maximum atomic E-state index is 14.3. The molecule has 0 unspecified atom stereocenters. The van der Waals surface area contributed by atoms with Crippen LogP contribution in [0.15, 0.2) is 30.3 Å². The van der Waals surface area contributed by atoms with Crippen LogP contribution in [0.1, 0.15) is 27.0 Å². The lowest BCUT2D eigenvalue weighted by Crippen LogP contribution is -2.54. The van der Waals surface area contributed by atoms with Crippen molar-refractivity contribution in [2.75, 3.05) is 19.7 Å². The first kappa shape index (κ1) is 21.2. The van der Waals surface area contributed by atoms with Gasteiger partial charge < -0.3 is 14.4 Å². The fraction of sp³-hybridized carbons (Fsp3) is 0.333. The molecule has 1 amide bonds. The molecule has 0 bridgehead atoms. The maximum Gasteiger partial charge on any atom is 0.416 e.